The number of amides is 2. The largest absolute Gasteiger partial charge is 0.464 e. The van der Waals surface area contributed by atoms with E-state index in [0.29, 0.717) is 19.5 Å². The quantitative estimate of drug-likeness (QED) is 0.826. The van der Waals surface area contributed by atoms with E-state index in [1.165, 1.54) is 24.5 Å². The molecular formula is C17H20N2O3. The standard InChI is InChI=1S/C17H20N2O3/c1-11(20)18-5-6-19-17(21)9-14-10-22-16-8-13-4-2-3-12(13)7-15(14)16/h7-8,10H,2-6,9H2,1H3,(H,18,20)(H,19,21). The number of fused-ring (bicyclic) bond motifs is 2. The van der Waals surface area contributed by atoms with Crippen molar-refractivity contribution in [3.8, 4) is 0 Å². The van der Waals surface area contributed by atoms with Gasteiger partial charge in [0, 0.05) is 31.0 Å². The number of aryl methyl sites for hydroxylation is 2. The van der Waals surface area contributed by atoms with Crippen LogP contribution in [0, 0.1) is 0 Å². The molecule has 2 amide bonds. The van der Waals surface area contributed by atoms with Gasteiger partial charge in [-0.15, -0.1) is 0 Å². The van der Waals surface area contributed by atoms with Crippen LogP contribution in [0.4, 0.5) is 0 Å². The van der Waals surface area contributed by atoms with Crippen LogP contribution in [0.1, 0.15) is 30.0 Å². The van der Waals surface area contributed by atoms with E-state index >= 15 is 0 Å². The van der Waals surface area contributed by atoms with Crippen LogP contribution < -0.4 is 10.6 Å². The lowest BCUT2D eigenvalue weighted by molar-refractivity contribution is -0.121. The predicted octanol–water partition coefficient (Wildman–Crippen LogP) is 1.72. The van der Waals surface area contributed by atoms with E-state index in [1.807, 2.05) is 0 Å². The number of furan rings is 1. The molecule has 0 aliphatic heterocycles. The van der Waals surface area contributed by atoms with Crippen molar-refractivity contribution in [1.29, 1.82) is 0 Å². The molecule has 1 aromatic heterocycles. The number of hydrogen-bond acceptors (Lipinski definition) is 3. The van der Waals surface area contributed by atoms with E-state index in [4.69, 9.17) is 4.42 Å². The second kappa shape index (κ2) is 6.22. The van der Waals surface area contributed by atoms with Gasteiger partial charge in [-0.2, -0.15) is 0 Å². The van der Waals surface area contributed by atoms with Crippen LogP contribution in [-0.2, 0) is 28.9 Å². The number of rotatable bonds is 5. The molecule has 0 fully saturated rings. The first-order valence-corrected chi connectivity index (χ1v) is 7.66. The summed E-state index contributed by atoms with van der Waals surface area (Å²) >= 11 is 0. The maximum atomic E-state index is 12.0. The Hall–Kier alpha value is -2.30. The third-order valence-corrected chi connectivity index (χ3v) is 4.04. The molecule has 1 heterocycles. The van der Waals surface area contributed by atoms with Crippen LogP contribution in [-0.4, -0.2) is 24.9 Å². The zero-order valence-corrected chi connectivity index (χ0v) is 12.7. The first kappa shape index (κ1) is 14.6. The second-order valence-corrected chi connectivity index (χ2v) is 5.74. The Morgan fingerprint density at radius 1 is 1.14 bits per heavy atom. The summed E-state index contributed by atoms with van der Waals surface area (Å²) in [5.74, 6) is -0.155. The molecule has 116 valence electrons. The van der Waals surface area contributed by atoms with Gasteiger partial charge >= 0.3 is 0 Å². The van der Waals surface area contributed by atoms with E-state index < -0.39 is 0 Å². The summed E-state index contributed by atoms with van der Waals surface area (Å²) in [4.78, 5) is 22.7. The first-order valence-electron chi connectivity index (χ1n) is 7.66. The predicted molar refractivity (Wildman–Crippen MR) is 83.6 cm³/mol. The second-order valence-electron chi connectivity index (χ2n) is 5.74. The van der Waals surface area contributed by atoms with Gasteiger partial charge in [0.25, 0.3) is 0 Å². The highest BCUT2D eigenvalue weighted by molar-refractivity contribution is 5.88. The van der Waals surface area contributed by atoms with Gasteiger partial charge in [0.05, 0.1) is 12.7 Å². The molecule has 0 atom stereocenters. The van der Waals surface area contributed by atoms with Gasteiger partial charge < -0.3 is 15.1 Å². The van der Waals surface area contributed by atoms with E-state index in [9.17, 15) is 9.59 Å². The fraction of sp³-hybridized carbons (Fsp3) is 0.412. The molecule has 3 rings (SSSR count). The summed E-state index contributed by atoms with van der Waals surface area (Å²) in [5, 5.41) is 6.48. The molecule has 1 aliphatic carbocycles. The minimum absolute atomic E-state index is 0.0615. The molecule has 2 N–H and O–H groups in total. The van der Waals surface area contributed by atoms with E-state index in [1.54, 1.807) is 6.26 Å². The summed E-state index contributed by atoms with van der Waals surface area (Å²) in [5.41, 5.74) is 4.53. The molecular weight excluding hydrogens is 280 g/mol. The Bertz CT molecular complexity index is 718. The van der Waals surface area contributed by atoms with Crippen molar-refractivity contribution in [3.63, 3.8) is 0 Å². The normalized spacial score (nSPS) is 13.1. The maximum Gasteiger partial charge on any atom is 0.224 e. The van der Waals surface area contributed by atoms with Crippen LogP contribution in [0.2, 0.25) is 0 Å². The number of benzene rings is 1. The highest BCUT2D eigenvalue weighted by Crippen LogP contribution is 2.30. The number of hydrogen-bond donors (Lipinski definition) is 2. The minimum atomic E-state index is -0.0936. The molecule has 0 saturated heterocycles. The number of nitrogens with one attached hydrogen (secondary N) is 2. The van der Waals surface area contributed by atoms with Crippen LogP contribution >= 0.6 is 0 Å². The molecule has 5 heteroatoms. The van der Waals surface area contributed by atoms with Gasteiger partial charge in [0.2, 0.25) is 11.8 Å². The fourth-order valence-electron chi connectivity index (χ4n) is 2.96. The Balaban J connectivity index is 1.64. The van der Waals surface area contributed by atoms with Crippen LogP contribution in [0.3, 0.4) is 0 Å². The number of carbonyl (C=O) groups is 2. The average Bonchev–Trinajstić information content (AvgIpc) is 3.08. The average molecular weight is 300 g/mol. The molecule has 0 saturated carbocycles. The van der Waals surface area contributed by atoms with Gasteiger partial charge in [-0.1, -0.05) is 0 Å². The summed E-state index contributed by atoms with van der Waals surface area (Å²) in [7, 11) is 0. The van der Waals surface area contributed by atoms with Gasteiger partial charge in [0.15, 0.2) is 0 Å². The molecule has 0 radical (unpaired) electrons. The highest BCUT2D eigenvalue weighted by atomic mass is 16.3. The smallest absolute Gasteiger partial charge is 0.224 e. The van der Waals surface area contributed by atoms with E-state index in [2.05, 4.69) is 22.8 Å². The lowest BCUT2D eigenvalue weighted by Crippen LogP contribution is -2.34. The van der Waals surface area contributed by atoms with Gasteiger partial charge in [-0.05, 0) is 42.5 Å². The lowest BCUT2D eigenvalue weighted by atomic mass is 10.0. The molecule has 22 heavy (non-hydrogen) atoms. The van der Waals surface area contributed by atoms with Crippen molar-refractivity contribution in [1.82, 2.24) is 10.6 Å². The first-order chi connectivity index (χ1) is 10.6. The molecule has 5 nitrogen and oxygen atoms in total. The van der Waals surface area contributed by atoms with Gasteiger partial charge in [-0.25, -0.2) is 0 Å². The van der Waals surface area contributed by atoms with Crippen LogP contribution in [0.15, 0.2) is 22.8 Å². The van der Waals surface area contributed by atoms with Crippen molar-refractivity contribution < 1.29 is 14.0 Å². The molecule has 0 spiro atoms. The Morgan fingerprint density at radius 2 is 1.86 bits per heavy atom. The molecule has 1 aliphatic rings. The monoisotopic (exact) mass is 300 g/mol. The van der Waals surface area contributed by atoms with Crippen molar-refractivity contribution in [2.24, 2.45) is 0 Å². The van der Waals surface area contributed by atoms with Crippen LogP contribution in [0.25, 0.3) is 11.0 Å². The van der Waals surface area contributed by atoms with Crippen molar-refractivity contribution >= 4 is 22.8 Å². The third-order valence-electron chi connectivity index (χ3n) is 4.04. The summed E-state index contributed by atoms with van der Waals surface area (Å²) in [6.45, 7) is 2.34. The van der Waals surface area contributed by atoms with E-state index in [-0.39, 0.29) is 11.8 Å². The molecule has 0 unspecified atom stereocenters. The lowest BCUT2D eigenvalue weighted by Gasteiger charge is -2.05. The van der Waals surface area contributed by atoms with Crippen LogP contribution in [0.5, 0.6) is 0 Å². The zero-order valence-electron chi connectivity index (χ0n) is 12.7. The molecule has 1 aromatic carbocycles. The Labute approximate surface area is 129 Å². The third kappa shape index (κ3) is 3.13. The van der Waals surface area contributed by atoms with Crippen molar-refractivity contribution in [2.75, 3.05) is 13.1 Å². The molecule has 2 aromatic rings. The zero-order chi connectivity index (χ0) is 15.5. The Kier molecular flexibility index (Phi) is 4.13. The van der Waals surface area contributed by atoms with Crippen molar-refractivity contribution in [2.45, 2.75) is 32.6 Å². The Morgan fingerprint density at radius 3 is 2.64 bits per heavy atom. The summed E-state index contributed by atoms with van der Waals surface area (Å²) in [6, 6.07) is 4.27. The number of carbonyl (C=O) groups excluding carboxylic acids is 2. The van der Waals surface area contributed by atoms with Crippen molar-refractivity contribution in [3.05, 3.63) is 35.1 Å². The topological polar surface area (TPSA) is 71.3 Å². The summed E-state index contributed by atoms with van der Waals surface area (Å²) < 4.78 is 5.60. The minimum Gasteiger partial charge on any atom is -0.464 e. The maximum absolute atomic E-state index is 12.0. The van der Waals surface area contributed by atoms with Gasteiger partial charge in [-0.3, -0.25) is 9.59 Å². The van der Waals surface area contributed by atoms with Gasteiger partial charge in [0.1, 0.15) is 5.58 Å². The molecule has 0 bridgehead atoms. The summed E-state index contributed by atoms with van der Waals surface area (Å²) in [6.07, 6.45) is 5.39. The van der Waals surface area contributed by atoms with E-state index in [0.717, 1.165) is 29.4 Å². The highest BCUT2D eigenvalue weighted by Gasteiger charge is 2.16. The fourth-order valence-corrected chi connectivity index (χ4v) is 2.96. The SMILES string of the molecule is CC(=O)NCCNC(=O)Cc1coc2cc3c(cc12)CCC3.